The molecule has 2 unspecified atom stereocenters. The summed E-state index contributed by atoms with van der Waals surface area (Å²) in [4.78, 5) is 14.4. The fourth-order valence-corrected chi connectivity index (χ4v) is 1.80. The average molecular weight is 273 g/mol. The van der Waals surface area contributed by atoms with Crippen molar-refractivity contribution < 1.29 is 14.7 Å². The second kappa shape index (κ2) is 7.99. The van der Waals surface area contributed by atoms with Gasteiger partial charge in [-0.1, -0.05) is 19.0 Å². The maximum atomic E-state index is 12.7. The summed E-state index contributed by atoms with van der Waals surface area (Å²) in [6.45, 7) is 8.51. The van der Waals surface area contributed by atoms with Crippen LogP contribution in [-0.2, 0) is 9.53 Å². The molecule has 0 fully saturated rings. The van der Waals surface area contributed by atoms with Gasteiger partial charge in [-0.2, -0.15) is 0 Å². The molecule has 3 N–H and O–H groups in total. The van der Waals surface area contributed by atoms with Gasteiger partial charge in [-0.3, -0.25) is 4.79 Å². The van der Waals surface area contributed by atoms with Gasteiger partial charge >= 0.3 is 0 Å². The van der Waals surface area contributed by atoms with Gasteiger partial charge in [0.05, 0.1) is 6.61 Å². The number of nitrogens with two attached hydrogens (primary N) is 1. The molecule has 0 aromatic carbocycles. The summed E-state index contributed by atoms with van der Waals surface area (Å²) < 4.78 is 5.05. The number of oxime groups is 1. The van der Waals surface area contributed by atoms with Crippen LogP contribution in [0, 0.1) is 5.41 Å². The number of amides is 1. The molecule has 0 rings (SSSR count). The van der Waals surface area contributed by atoms with Crippen molar-refractivity contribution in [1.29, 1.82) is 0 Å². The number of carbonyl (C=O) groups excluding carboxylic acids is 1. The Kier molecular flexibility index (Phi) is 7.44. The van der Waals surface area contributed by atoms with E-state index >= 15 is 0 Å². The van der Waals surface area contributed by atoms with Crippen molar-refractivity contribution in [2.75, 3.05) is 20.3 Å². The number of methoxy groups -OCH3 is 1. The Morgan fingerprint density at radius 1 is 1.53 bits per heavy atom. The maximum absolute atomic E-state index is 12.7. The van der Waals surface area contributed by atoms with E-state index in [1.807, 2.05) is 20.8 Å². The lowest BCUT2D eigenvalue weighted by molar-refractivity contribution is -0.140. The topological polar surface area (TPSA) is 88.2 Å². The van der Waals surface area contributed by atoms with Gasteiger partial charge in [-0.15, -0.1) is 0 Å². The van der Waals surface area contributed by atoms with E-state index in [4.69, 9.17) is 15.7 Å². The van der Waals surface area contributed by atoms with Crippen molar-refractivity contribution >= 4 is 11.7 Å². The molecular formula is C13H27N3O3. The molecule has 1 amide bonds. The van der Waals surface area contributed by atoms with Crippen LogP contribution in [0.5, 0.6) is 0 Å². The summed E-state index contributed by atoms with van der Waals surface area (Å²) in [5.74, 6) is -0.178. The van der Waals surface area contributed by atoms with Crippen molar-refractivity contribution in [2.45, 2.75) is 46.6 Å². The molecule has 0 saturated carbocycles. The van der Waals surface area contributed by atoms with Crippen LogP contribution in [0.2, 0.25) is 0 Å². The van der Waals surface area contributed by atoms with Crippen molar-refractivity contribution in [3.8, 4) is 0 Å². The Morgan fingerprint density at radius 3 is 2.47 bits per heavy atom. The van der Waals surface area contributed by atoms with E-state index < -0.39 is 5.41 Å². The largest absolute Gasteiger partial charge is 0.409 e. The summed E-state index contributed by atoms with van der Waals surface area (Å²) in [6.07, 6.45) is 1.31. The van der Waals surface area contributed by atoms with Gasteiger partial charge in [0.1, 0.15) is 5.41 Å². The second-order valence-electron chi connectivity index (χ2n) is 4.92. The first-order valence-corrected chi connectivity index (χ1v) is 6.66. The van der Waals surface area contributed by atoms with Crippen LogP contribution < -0.4 is 5.73 Å². The Balaban J connectivity index is 5.25. The second-order valence-corrected chi connectivity index (χ2v) is 4.92. The van der Waals surface area contributed by atoms with Gasteiger partial charge in [-0.25, -0.2) is 0 Å². The minimum Gasteiger partial charge on any atom is -0.409 e. The number of hydrogen-bond donors (Lipinski definition) is 2. The molecule has 6 heteroatoms. The molecule has 0 aliphatic carbocycles. The number of amidine groups is 1. The quantitative estimate of drug-likeness (QED) is 0.303. The van der Waals surface area contributed by atoms with Gasteiger partial charge in [0, 0.05) is 19.7 Å². The zero-order valence-corrected chi connectivity index (χ0v) is 12.6. The molecule has 0 heterocycles. The highest BCUT2D eigenvalue weighted by atomic mass is 16.5. The summed E-state index contributed by atoms with van der Waals surface area (Å²) in [6, 6.07) is 0.0833. The van der Waals surface area contributed by atoms with E-state index in [9.17, 15) is 4.79 Å². The van der Waals surface area contributed by atoms with E-state index in [0.29, 0.717) is 19.6 Å². The van der Waals surface area contributed by atoms with E-state index in [2.05, 4.69) is 5.16 Å². The van der Waals surface area contributed by atoms with Crippen molar-refractivity contribution in [1.82, 2.24) is 4.90 Å². The number of nitrogens with zero attached hydrogens (tertiary/aromatic N) is 2. The first-order chi connectivity index (χ1) is 8.88. The predicted molar refractivity (Wildman–Crippen MR) is 75.1 cm³/mol. The van der Waals surface area contributed by atoms with Crippen molar-refractivity contribution in [3.05, 3.63) is 0 Å². The molecule has 2 atom stereocenters. The molecule has 0 aromatic rings. The monoisotopic (exact) mass is 273 g/mol. The van der Waals surface area contributed by atoms with Gasteiger partial charge in [0.15, 0.2) is 5.84 Å². The summed E-state index contributed by atoms with van der Waals surface area (Å²) >= 11 is 0. The zero-order valence-electron chi connectivity index (χ0n) is 12.6. The van der Waals surface area contributed by atoms with Crippen LogP contribution in [0.3, 0.4) is 0 Å². The molecule has 0 aromatic heterocycles. The fraction of sp³-hybridized carbons (Fsp3) is 0.846. The minimum absolute atomic E-state index is 0.0503. The van der Waals surface area contributed by atoms with E-state index in [1.165, 1.54) is 0 Å². The van der Waals surface area contributed by atoms with E-state index in [-0.39, 0.29) is 17.8 Å². The molecule has 0 bridgehead atoms. The molecule has 0 radical (unpaired) electrons. The van der Waals surface area contributed by atoms with Gasteiger partial charge < -0.3 is 20.6 Å². The van der Waals surface area contributed by atoms with Crippen LogP contribution in [-0.4, -0.2) is 48.2 Å². The standard InChI is InChI=1S/C13H27N3O3/c1-6-10(3)16(8-9-19-5)12(17)13(4,7-2)11(14)15-18/h10,18H,6-9H2,1-5H3,(H2,14,15). The fourth-order valence-electron chi connectivity index (χ4n) is 1.80. The average Bonchev–Trinajstić information content (AvgIpc) is 2.44. The van der Waals surface area contributed by atoms with Crippen LogP contribution in [0.4, 0.5) is 0 Å². The Hall–Kier alpha value is -1.30. The minimum atomic E-state index is -0.980. The highest BCUT2D eigenvalue weighted by molar-refractivity contribution is 6.06. The Labute approximate surface area is 115 Å². The molecular weight excluding hydrogens is 246 g/mol. The first kappa shape index (κ1) is 17.7. The lowest BCUT2D eigenvalue weighted by atomic mass is 9.84. The lowest BCUT2D eigenvalue weighted by Gasteiger charge is -2.36. The normalized spacial score (nSPS) is 16.8. The number of hydrogen-bond acceptors (Lipinski definition) is 4. The van der Waals surface area contributed by atoms with Crippen molar-refractivity contribution in [2.24, 2.45) is 16.3 Å². The Bertz CT molecular complexity index is 320. The van der Waals surface area contributed by atoms with Crippen molar-refractivity contribution in [3.63, 3.8) is 0 Å². The molecule has 0 aliphatic rings. The van der Waals surface area contributed by atoms with Crippen LogP contribution in [0.15, 0.2) is 5.16 Å². The zero-order chi connectivity index (χ0) is 15.1. The van der Waals surface area contributed by atoms with E-state index in [0.717, 1.165) is 6.42 Å². The van der Waals surface area contributed by atoms with Crippen LogP contribution in [0.1, 0.15) is 40.5 Å². The number of carbonyl (C=O) groups is 1. The SMILES string of the molecule is CCC(C)N(CCOC)C(=O)C(C)(CC)C(N)=NO. The third-order valence-corrected chi connectivity index (χ3v) is 3.77. The van der Waals surface area contributed by atoms with E-state index in [1.54, 1.807) is 18.9 Å². The number of ether oxygens (including phenoxy) is 1. The highest BCUT2D eigenvalue weighted by Crippen LogP contribution is 2.26. The van der Waals surface area contributed by atoms with Gasteiger partial charge in [-0.05, 0) is 26.7 Å². The third-order valence-electron chi connectivity index (χ3n) is 3.77. The molecule has 0 aliphatic heterocycles. The number of rotatable bonds is 8. The smallest absolute Gasteiger partial charge is 0.236 e. The lowest BCUT2D eigenvalue weighted by Crippen LogP contribution is -2.52. The molecule has 0 spiro atoms. The third kappa shape index (κ3) is 4.09. The van der Waals surface area contributed by atoms with Crippen LogP contribution in [0.25, 0.3) is 0 Å². The predicted octanol–water partition coefficient (Wildman–Crippen LogP) is 1.42. The van der Waals surface area contributed by atoms with Gasteiger partial charge in [0.2, 0.25) is 5.91 Å². The highest BCUT2D eigenvalue weighted by Gasteiger charge is 2.40. The van der Waals surface area contributed by atoms with Gasteiger partial charge in [0.25, 0.3) is 0 Å². The summed E-state index contributed by atoms with van der Waals surface area (Å²) in [5.41, 5.74) is 4.71. The maximum Gasteiger partial charge on any atom is 0.236 e. The molecule has 0 saturated heterocycles. The molecule has 6 nitrogen and oxygen atoms in total. The summed E-state index contributed by atoms with van der Waals surface area (Å²) in [5, 5.41) is 11.9. The molecule has 112 valence electrons. The first-order valence-electron chi connectivity index (χ1n) is 6.66. The summed E-state index contributed by atoms with van der Waals surface area (Å²) in [7, 11) is 1.60. The Morgan fingerprint density at radius 2 is 2.11 bits per heavy atom. The molecule has 19 heavy (non-hydrogen) atoms. The van der Waals surface area contributed by atoms with Crippen LogP contribution >= 0.6 is 0 Å².